The van der Waals surface area contributed by atoms with E-state index < -0.39 is 0 Å². The van der Waals surface area contributed by atoms with Gasteiger partial charge in [0.05, 0.1) is 6.04 Å². The van der Waals surface area contributed by atoms with Crippen molar-refractivity contribution in [2.75, 3.05) is 12.8 Å². The second-order valence-corrected chi connectivity index (χ2v) is 6.32. The summed E-state index contributed by atoms with van der Waals surface area (Å²) in [6, 6.07) is -0.372. The van der Waals surface area contributed by atoms with E-state index in [2.05, 4.69) is 39.3 Å². The fraction of sp³-hybridized carbons (Fsp3) is 0.923. The molecule has 0 radical (unpaired) electrons. The summed E-state index contributed by atoms with van der Waals surface area (Å²) in [7, 11) is 0. The predicted molar refractivity (Wildman–Crippen MR) is 77.3 cm³/mol. The molecule has 0 spiro atoms. The van der Waals surface area contributed by atoms with E-state index in [9.17, 15) is 4.79 Å². The molecule has 1 amide bonds. The van der Waals surface area contributed by atoms with Crippen LogP contribution in [0.5, 0.6) is 0 Å². The molecular weight excluding hydrogens is 232 g/mol. The zero-order valence-corrected chi connectivity index (χ0v) is 12.7. The molecule has 0 aliphatic carbocycles. The molecule has 3 N–H and O–H groups in total. The highest BCUT2D eigenvalue weighted by Crippen LogP contribution is 2.29. The van der Waals surface area contributed by atoms with Gasteiger partial charge in [0.25, 0.3) is 0 Å². The number of rotatable bonds is 8. The summed E-state index contributed by atoms with van der Waals surface area (Å²) in [5.41, 5.74) is 5.85. The molecule has 0 aliphatic rings. The van der Waals surface area contributed by atoms with Crippen molar-refractivity contribution in [1.82, 2.24) is 5.32 Å². The van der Waals surface area contributed by atoms with Crippen LogP contribution in [0.15, 0.2) is 0 Å². The molecule has 1 atom stereocenters. The van der Waals surface area contributed by atoms with Crippen molar-refractivity contribution in [1.29, 1.82) is 0 Å². The summed E-state index contributed by atoms with van der Waals surface area (Å²) < 4.78 is 0.160. The van der Waals surface area contributed by atoms with Crippen LogP contribution in [-0.4, -0.2) is 29.5 Å². The fourth-order valence-corrected chi connectivity index (χ4v) is 2.65. The summed E-state index contributed by atoms with van der Waals surface area (Å²) in [6.45, 7) is 9.21. The molecule has 3 nitrogen and oxygen atoms in total. The van der Waals surface area contributed by atoms with Gasteiger partial charge in [0.2, 0.25) is 5.91 Å². The maximum absolute atomic E-state index is 11.8. The van der Waals surface area contributed by atoms with Crippen molar-refractivity contribution in [2.45, 2.75) is 57.7 Å². The number of amides is 1. The Labute approximate surface area is 110 Å². The Hall–Kier alpha value is -0.220. The average molecular weight is 260 g/mol. The highest BCUT2D eigenvalue weighted by molar-refractivity contribution is 8.00. The molecule has 0 saturated carbocycles. The standard InChI is InChI=1S/C13H28N2OS/c1-6-13(7-2,17-5)9-15-12(16)11(14)8-10(3)4/h10-11H,6-9,14H2,1-5H3,(H,15,16)/t11-/m0/s1. The lowest BCUT2D eigenvalue weighted by molar-refractivity contribution is -0.122. The first-order valence-corrected chi connectivity index (χ1v) is 7.71. The number of hydrogen-bond donors (Lipinski definition) is 2. The highest BCUT2D eigenvalue weighted by Gasteiger charge is 2.26. The first-order chi connectivity index (χ1) is 7.90. The monoisotopic (exact) mass is 260 g/mol. The van der Waals surface area contributed by atoms with Crippen molar-refractivity contribution >= 4 is 17.7 Å². The van der Waals surface area contributed by atoms with E-state index in [0.29, 0.717) is 12.5 Å². The Balaban J connectivity index is 4.21. The zero-order chi connectivity index (χ0) is 13.5. The van der Waals surface area contributed by atoms with Crippen LogP contribution in [0, 0.1) is 5.92 Å². The van der Waals surface area contributed by atoms with E-state index in [1.165, 1.54) is 0 Å². The van der Waals surface area contributed by atoms with Gasteiger partial charge >= 0.3 is 0 Å². The molecule has 102 valence electrons. The molecule has 0 heterocycles. The molecule has 4 heteroatoms. The Morgan fingerprint density at radius 1 is 1.35 bits per heavy atom. The second-order valence-electron chi connectivity index (χ2n) is 5.05. The number of carbonyl (C=O) groups excluding carboxylic acids is 1. The van der Waals surface area contributed by atoms with Gasteiger partial charge in [0.1, 0.15) is 0 Å². The molecule has 0 aliphatic heterocycles. The third-order valence-corrected chi connectivity index (χ3v) is 4.96. The third-order valence-electron chi connectivity index (χ3n) is 3.37. The zero-order valence-electron chi connectivity index (χ0n) is 11.9. The fourth-order valence-electron chi connectivity index (χ4n) is 1.86. The van der Waals surface area contributed by atoms with E-state index in [1.54, 1.807) is 0 Å². The molecule has 0 fully saturated rings. The molecule has 0 aromatic heterocycles. The van der Waals surface area contributed by atoms with E-state index in [-0.39, 0.29) is 16.7 Å². The van der Waals surface area contributed by atoms with E-state index in [4.69, 9.17) is 5.73 Å². The number of hydrogen-bond acceptors (Lipinski definition) is 3. The van der Waals surface area contributed by atoms with Gasteiger partial charge < -0.3 is 11.1 Å². The van der Waals surface area contributed by atoms with E-state index >= 15 is 0 Å². The minimum Gasteiger partial charge on any atom is -0.353 e. The normalized spacial score (nSPS) is 13.8. The predicted octanol–water partition coefficient (Wildman–Crippen LogP) is 2.40. The molecule has 0 aromatic rings. The third kappa shape index (κ3) is 5.77. The van der Waals surface area contributed by atoms with Crippen molar-refractivity contribution in [3.8, 4) is 0 Å². The van der Waals surface area contributed by atoms with Crippen molar-refractivity contribution in [3.63, 3.8) is 0 Å². The lowest BCUT2D eigenvalue weighted by Gasteiger charge is -2.30. The minimum absolute atomic E-state index is 0.0148. The van der Waals surface area contributed by atoms with Crippen LogP contribution in [0.4, 0.5) is 0 Å². The summed E-state index contributed by atoms with van der Waals surface area (Å²) >= 11 is 1.83. The van der Waals surface area contributed by atoms with E-state index in [1.807, 2.05) is 11.8 Å². The number of nitrogens with two attached hydrogens (primary N) is 1. The quantitative estimate of drug-likeness (QED) is 0.704. The largest absolute Gasteiger partial charge is 0.353 e. The molecule has 0 aromatic carbocycles. The van der Waals surface area contributed by atoms with Crippen molar-refractivity contribution < 1.29 is 4.79 Å². The average Bonchev–Trinajstić information content (AvgIpc) is 2.30. The van der Waals surface area contributed by atoms with Crippen molar-refractivity contribution in [2.24, 2.45) is 11.7 Å². The lowest BCUT2D eigenvalue weighted by Crippen LogP contribution is -2.47. The Morgan fingerprint density at radius 2 is 1.88 bits per heavy atom. The topological polar surface area (TPSA) is 55.1 Å². The van der Waals surface area contributed by atoms with Crippen LogP contribution in [0.1, 0.15) is 47.0 Å². The smallest absolute Gasteiger partial charge is 0.236 e. The van der Waals surface area contributed by atoms with Gasteiger partial charge in [0.15, 0.2) is 0 Å². The van der Waals surface area contributed by atoms with E-state index in [0.717, 1.165) is 19.3 Å². The SMILES string of the molecule is CCC(CC)(CNC(=O)[C@@H](N)CC(C)C)SC. The van der Waals surface area contributed by atoms with Gasteiger partial charge in [-0.2, -0.15) is 11.8 Å². The van der Waals surface area contributed by atoms with Crippen LogP contribution < -0.4 is 11.1 Å². The molecule has 17 heavy (non-hydrogen) atoms. The number of carbonyl (C=O) groups is 1. The number of thioether (sulfide) groups is 1. The lowest BCUT2D eigenvalue weighted by atomic mass is 10.0. The molecule has 0 unspecified atom stereocenters. The first kappa shape index (κ1) is 16.8. The molecule has 0 rings (SSSR count). The van der Waals surface area contributed by atoms with Gasteiger partial charge in [0, 0.05) is 11.3 Å². The summed E-state index contributed by atoms with van der Waals surface area (Å²) in [5, 5.41) is 3.00. The Morgan fingerprint density at radius 3 is 2.24 bits per heavy atom. The minimum atomic E-state index is -0.372. The van der Waals surface area contributed by atoms with Gasteiger partial charge in [-0.25, -0.2) is 0 Å². The first-order valence-electron chi connectivity index (χ1n) is 6.49. The maximum atomic E-state index is 11.8. The molecule has 0 bridgehead atoms. The maximum Gasteiger partial charge on any atom is 0.236 e. The van der Waals surface area contributed by atoms with Gasteiger partial charge in [-0.3, -0.25) is 4.79 Å². The van der Waals surface area contributed by atoms with Crippen molar-refractivity contribution in [3.05, 3.63) is 0 Å². The number of nitrogens with one attached hydrogen (secondary N) is 1. The Bertz CT molecular complexity index is 219. The Kier molecular flexibility index (Phi) is 7.88. The van der Waals surface area contributed by atoms with Gasteiger partial charge in [-0.05, 0) is 31.4 Å². The highest BCUT2D eigenvalue weighted by atomic mass is 32.2. The molecular formula is C13H28N2OS. The van der Waals surface area contributed by atoms with Crippen LogP contribution in [0.2, 0.25) is 0 Å². The van der Waals surface area contributed by atoms with Crippen LogP contribution >= 0.6 is 11.8 Å². The molecule has 0 saturated heterocycles. The van der Waals surface area contributed by atoms with Crippen LogP contribution in [-0.2, 0) is 4.79 Å². The van der Waals surface area contributed by atoms with Crippen LogP contribution in [0.3, 0.4) is 0 Å². The van der Waals surface area contributed by atoms with Gasteiger partial charge in [-0.1, -0.05) is 27.7 Å². The van der Waals surface area contributed by atoms with Gasteiger partial charge in [-0.15, -0.1) is 0 Å². The van der Waals surface area contributed by atoms with Crippen LogP contribution in [0.25, 0.3) is 0 Å². The summed E-state index contributed by atoms with van der Waals surface area (Å²) in [5.74, 6) is 0.442. The summed E-state index contributed by atoms with van der Waals surface area (Å²) in [6.07, 6.45) is 4.97. The summed E-state index contributed by atoms with van der Waals surface area (Å²) in [4.78, 5) is 11.8. The second kappa shape index (κ2) is 7.98.